The second kappa shape index (κ2) is 7.13. The largest absolute Gasteiger partial charge is 0.423 e. The molecule has 0 amide bonds. The van der Waals surface area contributed by atoms with Crippen LogP contribution in [0, 0.1) is 0 Å². The van der Waals surface area contributed by atoms with Crippen LogP contribution in [0.3, 0.4) is 0 Å². The first-order valence-corrected chi connectivity index (χ1v) is 8.63. The molecule has 0 saturated carbocycles. The SMILES string of the molecule is Clc1cccc(Nc2ncc(-c3ccc(C4CC=CCN4)cc3)o2)c1. The Kier molecular flexibility index (Phi) is 4.55. The zero-order valence-corrected chi connectivity index (χ0v) is 14.3. The number of halogens is 1. The number of anilines is 2. The van der Waals surface area contributed by atoms with Crippen LogP contribution in [0.1, 0.15) is 18.0 Å². The van der Waals surface area contributed by atoms with Gasteiger partial charge in [-0.25, -0.2) is 4.98 Å². The van der Waals surface area contributed by atoms with Crippen LogP contribution in [0.5, 0.6) is 0 Å². The summed E-state index contributed by atoms with van der Waals surface area (Å²) in [6.07, 6.45) is 7.13. The van der Waals surface area contributed by atoms with Gasteiger partial charge in [0.2, 0.25) is 0 Å². The van der Waals surface area contributed by atoms with E-state index in [-0.39, 0.29) is 0 Å². The second-order valence-electron chi connectivity index (χ2n) is 5.95. The maximum atomic E-state index is 5.99. The van der Waals surface area contributed by atoms with Crippen molar-refractivity contribution < 1.29 is 4.42 Å². The second-order valence-corrected chi connectivity index (χ2v) is 6.39. The third-order valence-corrected chi connectivity index (χ3v) is 4.43. The number of nitrogens with zero attached hydrogens (tertiary/aromatic N) is 1. The summed E-state index contributed by atoms with van der Waals surface area (Å²) < 4.78 is 5.81. The van der Waals surface area contributed by atoms with E-state index in [0.717, 1.165) is 30.0 Å². The molecule has 0 radical (unpaired) electrons. The van der Waals surface area contributed by atoms with Crippen LogP contribution in [0.4, 0.5) is 11.7 Å². The van der Waals surface area contributed by atoms with Crippen LogP contribution in [0.2, 0.25) is 5.02 Å². The van der Waals surface area contributed by atoms with Crippen LogP contribution in [-0.2, 0) is 0 Å². The van der Waals surface area contributed by atoms with Crippen molar-refractivity contribution in [2.45, 2.75) is 12.5 Å². The molecule has 1 unspecified atom stereocenters. The van der Waals surface area contributed by atoms with Crippen LogP contribution < -0.4 is 10.6 Å². The third kappa shape index (κ3) is 3.76. The summed E-state index contributed by atoms with van der Waals surface area (Å²) >= 11 is 5.99. The van der Waals surface area contributed by atoms with Crippen molar-refractivity contribution in [3.05, 3.63) is 77.5 Å². The van der Waals surface area contributed by atoms with Gasteiger partial charge < -0.3 is 15.1 Å². The molecule has 1 aliphatic rings. The molecule has 4 rings (SSSR count). The van der Waals surface area contributed by atoms with E-state index in [9.17, 15) is 0 Å². The Morgan fingerprint density at radius 2 is 2.00 bits per heavy atom. The van der Waals surface area contributed by atoms with Gasteiger partial charge in [0.25, 0.3) is 6.01 Å². The number of nitrogens with one attached hydrogen (secondary N) is 2. The van der Waals surface area contributed by atoms with Gasteiger partial charge in [-0.1, -0.05) is 54.1 Å². The first-order valence-electron chi connectivity index (χ1n) is 8.25. The minimum atomic E-state index is 0.383. The van der Waals surface area contributed by atoms with Gasteiger partial charge in [0, 0.05) is 28.9 Å². The Balaban J connectivity index is 1.49. The minimum Gasteiger partial charge on any atom is -0.423 e. The molecule has 25 heavy (non-hydrogen) atoms. The summed E-state index contributed by atoms with van der Waals surface area (Å²) in [7, 11) is 0. The van der Waals surface area contributed by atoms with Crippen molar-refractivity contribution in [1.29, 1.82) is 0 Å². The van der Waals surface area contributed by atoms with Gasteiger partial charge in [-0.3, -0.25) is 0 Å². The fraction of sp³-hybridized carbons (Fsp3) is 0.150. The number of rotatable bonds is 4. The lowest BCUT2D eigenvalue weighted by Gasteiger charge is -2.20. The highest BCUT2D eigenvalue weighted by molar-refractivity contribution is 6.30. The maximum absolute atomic E-state index is 5.99. The number of hydrogen-bond donors (Lipinski definition) is 2. The zero-order chi connectivity index (χ0) is 17.1. The summed E-state index contributed by atoms with van der Waals surface area (Å²) in [4.78, 5) is 4.29. The predicted octanol–water partition coefficient (Wildman–Crippen LogP) is 5.33. The Labute approximate surface area is 151 Å². The van der Waals surface area contributed by atoms with Crippen molar-refractivity contribution in [1.82, 2.24) is 10.3 Å². The van der Waals surface area contributed by atoms with E-state index in [1.54, 1.807) is 6.20 Å². The Morgan fingerprint density at radius 1 is 1.12 bits per heavy atom. The van der Waals surface area contributed by atoms with Crippen LogP contribution in [-0.4, -0.2) is 11.5 Å². The first-order chi connectivity index (χ1) is 12.3. The molecule has 2 aromatic carbocycles. The molecule has 0 fully saturated rings. The van der Waals surface area contributed by atoms with Crippen molar-refractivity contribution in [3.8, 4) is 11.3 Å². The van der Waals surface area contributed by atoms with Crippen molar-refractivity contribution in [2.24, 2.45) is 0 Å². The molecular weight excluding hydrogens is 334 g/mol. The number of hydrogen-bond acceptors (Lipinski definition) is 4. The van der Waals surface area contributed by atoms with Crippen molar-refractivity contribution in [2.75, 3.05) is 11.9 Å². The Hall–Kier alpha value is -2.56. The van der Waals surface area contributed by atoms with Gasteiger partial charge in [0.05, 0.1) is 6.20 Å². The summed E-state index contributed by atoms with van der Waals surface area (Å²) in [5.74, 6) is 0.729. The van der Waals surface area contributed by atoms with E-state index >= 15 is 0 Å². The van der Waals surface area contributed by atoms with E-state index in [1.165, 1.54) is 5.56 Å². The van der Waals surface area contributed by atoms with Crippen LogP contribution in [0.15, 0.2) is 71.3 Å². The minimum absolute atomic E-state index is 0.383. The quantitative estimate of drug-likeness (QED) is 0.624. The summed E-state index contributed by atoms with van der Waals surface area (Å²) in [5, 5.41) is 7.27. The average molecular weight is 352 g/mol. The van der Waals surface area contributed by atoms with Gasteiger partial charge >= 0.3 is 0 Å². The fourth-order valence-electron chi connectivity index (χ4n) is 2.90. The molecule has 2 N–H and O–H groups in total. The first kappa shape index (κ1) is 15.9. The number of oxazole rings is 1. The number of aromatic nitrogens is 1. The molecule has 126 valence electrons. The lowest BCUT2D eigenvalue weighted by molar-refractivity contribution is 0.554. The van der Waals surface area contributed by atoms with Gasteiger partial charge in [0.1, 0.15) is 0 Å². The lowest BCUT2D eigenvalue weighted by atomic mass is 10.00. The van der Waals surface area contributed by atoms with E-state index in [2.05, 4.69) is 52.0 Å². The molecule has 0 aliphatic carbocycles. The Morgan fingerprint density at radius 3 is 2.76 bits per heavy atom. The monoisotopic (exact) mass is 351 g/mol. The van der Waals surface area contributed by atoms with Gasteiger partial charge in [-0.05, 0) is 30.2 Å². The number of benzene rings is 2. The molecule has 1 aromatic heterocycles. The van der Waals surface area contributed by atoms with Crippen molar-refractivity contribution in [3.63, 3.8) is 0 Å². The average Bonchev–Trinajstić information content (AvgIpc) is 3.11. The predicted molar refractivity (Wildman–Crippen MR) is 101 cm³/mol. The van der Waals surface area contributed by atoms with E-state index < -0.39 is 0 Å². The van der Waals surface area contributed by atoms with Crippen LogP contribution >= 0.6 is 11.6 Å². The highest BCUT2D eigenvalue weighted by atomic mass is 35.5. The summed E-state index contributed by atoms with van der Waals surface area (Å²) in [6, 6.07) is 16.7. The van der Waals surface area contributed by atoms with E-state index in [4.69, 9.17) is 16.0 Å². The zero-order valence-electron chi connectivity index (χ0n) is 13.6. The van der Waals surface area contributed by atoms with E-state index in [1.807, 2.05) is 24.3 Å². The highest BCUT2D eigenvalue weighted by Crippen LogP contribution is 2.27. The molecule has 0 saturated heterocycles. The highest BCUT2D eigenvalue weighted by Gasteiger charge is 2.12. The smallest absolute Gasteiger partial charge is 0.299 e. The third-order valence-electron chi connectivity index (χ3n) is 4.20. The molecule has 0 bridgehead atoms. The van der Waals surface area contributed by atoms with Gasteiger partial charge in [0.15, 0.2) is 5.76 Å². The molecule has 3 aromatic rings. The van der Waals surface area contributed by atoms with Crippen LogP contribution in [0.25, 0.3) is 11.3 Å². The van der Waals surface area contributed by atoms with Gasteiger partial charge in [-0.2, -0.15) is 0 Å². The normalized spacial score (nSPS) is 16.8. The lowest BCUT2D eigenvalue weighted by Crippen LogP contribution is -2.23. The topological polar surface area (TPSA) is 50.1 Å². The molecular formula is C20H18ClN3O. The molecule has 5 heteroatoms. The summed E-state index contributed by atoms with van der Waals surface area (Å²) in [6.45, 7) is 0.924. The Bertz CT molecular complexity index is 886. The molecule has 4 nitrogen and oxygen atoms in total. The summed E-state index contributed by atoms with van der Waals surface area (Å²) in [5.41, 5.74) is 3.12. The molecule has 1 aliphatic heterocycles. The standard InChI is InChI=1S/C20H18ClN3O/c21-16-4-3-5-17(12-16)24-20-23-13-19(25-20)15-9-7-14(8-10-15)18-6-1-2-11-22-18/h1-5,7-10,12-13,18,22H,6,11H2,(H,23,24). The fourth-order valence-corrected chi connectivity index (χ4v) is 3.09. The molecule has 0 spiro atoms. The van der Waals surface area contributed by atoms with Crippen molar-refractivity contribution >= 4 is 23.3 Å². The maximum Gasteiger partial charge on any atom is 0.299 e. The molecule has 2 heterocycles. The van der Waals surface area contributed by atoms with E-state index in [0.29, 0.717) is 17.1 Å². The van der Waals surface area contributed by atoms with Gasteiger partial charge in [-0.15, -0.1) is 0 Å². The molecule has 1 atom stereocenters.